The van der Waals surface area contributed by atoms with Gasteiger partial charge in [-0.1, -0.05) is 25.7 Å². The van der Waals surface area contributed by atoms with Gasteiger partial charge in [0, 0.05) is 0 Å². The van der Waals surface area contributed by atoms with E-state index < -0.39 is 6.61 Å². The van der Waals surface area contributed by atoms with Gasteiger partial charge < -0.3 is 10.5 Å². The first-order valence-corrected chi connectivity index (χ1v) is 5.87. The molecule has 0 aromatic carbocycles. The van der Waals surface area contributed by atoms with Crippen LogP contribution in [0.2, 0.25) is 0 Å². The number of halogens is 2. The second kappa shape index (κ2) is 7.12. The Morgan fingerprint density at radius 1 is 1.13 bits per heavy atom. The third kappa shape index (κ3) is 4.89. The lowest BCUT2D eigenvalue weighted by Crippen LogP contribution is -2.28. The van der Waals surface area contributed by atoms with Gasteiger partial charge in [0.2, 0.25) is 0 Å². The predicted molar refractivity (Wildman–Crippen MR) is 55.7 cm³/mol. The van der Waals surface area contributed by atoms with Crippen molar-refractivity contribution in [3.05, 3.63) is 0 Å². The summed E-state index contributed by atoms with van der Waals surface area (Å²) >= 11 is 0. The maximum Gasteiger partial charge on any atom is 0.345 e. The van der Waals surface area contributed by atoms with Gasteiger partial charge in [0.1, 0.15) is 0 Å². The fraction of sp³-hybridized carbons (Fsp3) is 1.00. The van der Waals surface area contributed by atoms with Crippen LogP contribution in [0.1, 0.15) is 44.9 Å². The molecule has 1 aliphatic carbocycles. The van der Waals surface area contributed by atoms with Gasteiger partial charge in [-0.2, -0.15) is 8.78 Å². The van der Waals surface area contributed by atoms with Crippen molar-refractivity contribution in [3.8, 4) is 0 Å². The second-order valence-electron chi connectivity index (χ2n) is 4.26. The van der Waals surface area contributed by atoms with Crippen LogP contribution in [0.5, 0.6) is 0 Å². The Morgan fingerprint density at radius 3 is 2.20 bits per heavy atom. The van der Waals surface area contributed by atoms with Crippen LogP contribution in [0.15, 0.2) is 0 Å². The van der Waals surface area contributed by atoms with E-state index in [9.17, 15) is 8.78 Å². The van der Waals surface area contributed by atoms with E-state index >= 15 is 0 Å². The summed E-state index contributed by atoms with van der Waals surface area (Å²) in [6.07, 6.45) is 6.95. The molecule has 0 bridgehead atoms. The highest BCUT2D eigenvalue weighted by molar-refractivity contribution is 4.74. The highest BCUT2D eigenvalue weighted by Gasteiger charge is 2.25. The number of hydrogen-bond acceptors (Lipinski definition) is 2. The van der Waals surface area contributed by atoms with Crippen molar-refractivity contribution in [1.29, 1.82) is 0 Å². The van der Waals surface area contributed by atoms with Crippen molar-refractivity contribution in [1.82, 2.24) is 0 Å². The van der Waals surface area contributed by atoms with Gasteiger partial charge >= 0.3 is 6.61 Å². The number of ether oxygens (including phenoxy) is 1. The smallest absolute Gasteiger partial charge is 0.330 e. The van der Waals surface area contributed by atoms with Crippen molar-refractivity contribution < 1.29 is 13.5 Å². The Kier molecular flexibility index (Phi) is 6.10. The summed E-state index contributed by atoms with van der Waals surface area (Å²) in [5.74, 6) is 0.282. The predicted octanol–water partition coefficient (Wildman–Crippen LogP) is 2.91. The molecule has 0 heterocycles. The molecule has 0 spiro atoms. The summed E-state index contributed by atoms with van der Waals surface area (Å²) in [5, 5.41) is 0. The van der Waals surface area contributed by atoms with E-state index in [1.54, 1.807) is 0 Å². The van der Waals surface area contributed by atoms with Crippen molar-refractivity contribution in [2.45, 2.75) is 57.7 Å². The maximum atomic E-state index is 12.2. The quantitative estimate of drug-likeness (QED) is 0.724. The van der Waals surface area contributed by atoms with Crippen molar-refractivity contribution in [3.63, 3.8) is 0 Å². The summed E-state index contributed by atoms with van der Waals surface area (Å²) < 4.78 is 29.1. The minimum Gasteiger partial charge on any atom is -0.330 e. The largest absolute Gasteiger partial charge is 0.345 e. The Labute approximate surface area is 90.2 Å². The van der Waals surface area contributed by atoms with Gasteiger partial charge in [0.15, 0.2) is 0 Å². The van der Waals surface area contributed by atoms with Crippen LogP contribution in [0.3, 0.4) is 0 Å². The molecule has 1 saturated carbocycles. The lowest BCUT2D eigenvalue weighted by atomic mass is 9.92. The molecule has 0 aliphatic heterocycles. The first-order chi connectivity index (χ1) is 7.24. The molecule has 1 aliphatic rings. The zero-order valence-electron chi connectivity index (χ0n) is 9.13. The Hall–Kier alpha value is -0.220. The van der Waals surface area contributed by atoms with Gasteiger partial charge in [-0.25, -0.2) is 0 Å². The molecule has 0 aromatic heterocycles. The van der Waals surface area contributed by atoms with Crippen LogP contribution >= 0.6 is 0 Å². The van der Waals surface area contributed by atoms with E-state index in [4.69, 9.17) is 5.73 Å². The molecule has 1 fully saturated rings. The van der Waals surface area contributed by atoms with Gasteiger partial charge in [0.25, 0.3) is 0 Å². The number of rotatable bonds is 5. The maximum absolute atomic E-state index is 12.2. The van der Waals surface area contributed by atoms with Gasteiger partial charge in [-0.05, 0) is 31.7 Å². The molecule has 90 valence electrons. The van der Waals surface area contributed by atoms with Crippen LogP contribution in [-0.2, 0) is 4.74 Å². The summed E-state index contributed by atoms with van der Waals surface area (Å²) in [7, 11) is 0. The minimum atomic E-state index is -2.66. The molecule has 15 heavy (non-hydrogen) atoms. The van der Waals surface area contributed by atoms with Crippen LogP contribution in [0, 0.1) is 5.92 Å². The number of hydrogen-bond donors (Lipinski definition) is 1. The lowest BCUT2D eigenvalue weighted by molar-refractivity contribution is -0.178. The molecule has 0 radical (unpaired) electrons. The highest BCUT2D eigenvalue weighted by Crippen LogP contribution is 2.29. The average molecular weight is 221 g/mol. The van der Waals surface area contributed by atoms with E-state index in [-0.39, 0.29) is 12.0 Å². The molecular weight excluding hydrogens is 200 g/mol. The highest BCUT2D eigenvalue weighted by atomic mass is 19.3. The van der Waals surface area contributed by atoms with Crippen LogP contribution in [0.4, 0.5) is 8.78 Å². The summed E-state index contributed by atoms with van der Waals surface area (Å²) in [6.45, 7) is -2.24. The van der Waals surface area contributed by atoms with Crippen molar-refractivity contribution in [2.24, 2.45) is 11.7 Å². The number of nitrogens with two attached hydrogens (primary N) is 1. The van der Waals surface area contributed by atoms with Crippen molar-refractivity contribution >= 4 is 0 Å². The van der Waals surface area contributed by atoms with E-state index in [0.717, 1.165) is 25.7 Å². The average Bonchev–Trinajstić information content (AvgIpc) is 2.44. The van der Waals surface area contributed by atoms with Crippen LogP contribution in [0.25, 0.3) is 0 Å². The molecule has 1 atom stereocenters. The Bertz CT molecular complexity index is 159. The first kappa shape index (κ1) is 12.8. The molecule has 0 aromatic rings. The van der Waals surface area contributed by atoms with Crippen molar-refractivity contribution in [2.75, 3.05) is 6.54 Å². The van der Waals surface area contributed by atoms with Crippen LogP contribution in [-0.4, -0.2) is 19.3 Å². The third-order valence-corrected chi connectivity index (χ3v) is 3.15. The van der Waals surface area contributed by atoms with E-state index in [1.165, 1.54) is 12.8 Å². The molecule has 1 rings (SSSR count). The van der Waals surface area contributed by atoms with Gasteiger partial charge in [-0.15, -0.1) is 0 Å². The zero-order valence-corrected chi connectivity index (χ0v) is 9.13. The van der Waals surface area contributed by atoms with E-state index in [1.807, 2.05) is 0 Å². The van der Waals surface area contributed by atoms with E-state index in [2.05, 4.69) is 4.74 Å². The van der Waals surface area contributed by atoms with Gasteiger partial charge in [-0.3, -0.25) is 0 Å². The Morgan fingerprint density at radius 2 is 1.73 bits per heavy atom. The van der Waals surface area contributed by atoms with E-state index in [0.29, 0.717) is 13.0 Å². The summed E-state index contributed by atoms with van der Waals surface area (Å²) in [4.78, 5) is 0. The van der Waals surface area contributed by atoms with Gasteiger partial charge in [0.05, 0.1) is 6.10 Å². The summed E-state index contributed by atoms with van der Waals surface area (Å²) in [6, 6.07) is 0. The second-order valence-corrected chi connectivity index (χ2v) is 4.26. The topological polar surface area (TPSA) is 35.2 Å². The fourth-order valence-electron chi connectivity index (χ4n) is 2.39. The molecular formula is C11H21F2NO. The first-order valence-electron chi connectivity index (χ1n) is 5.87. The SMILES string of the molecule is NCCC(OC(F)F)C1CCCCCC1. The third-order valence-electron chi connectivity index (χ3n) is 3.15. The Balaban J connectivity index is 2.44. The molecule has 2 N–H and O–H groups in total. The standard InChI is InChI=1S/C11H21F2NO/c12-11(13)15-10(7-8-14)9-5-3-1-2-4-6-9/h9-11H,1-8,14H2. The number of alkyl halides is 2. The normalized spacial score (nSPS) is 21.6. The molecule has 2 nitrogen and oxygen atoms in total. The summed E-state index contributed by atoms with van der Waals surface area (Å²) in [5.41, 5.74) is 5.43. The lowest BCUT2D eigenvalue weighted by Gasteiger charge is -2.25. The fourth-order valence-corrected chi connectivity index (χ4v) is 2.39. The molecule has 1 unspecified atom stereocenters. The monoisotopic (exact) mass is 221 g/mol. The van der Waals surface area contributed by atoms with Crippen LogP contribution < -0.4 is 5.73 Å². The molecule has 0 saturated heterocycles. The zero-order chi connectivity index (χ0) is 11.1. The minimum absolute atomic E-state index is 0.282. The molecule has 4 heteroatoms. The molecule has 0 amide bonds.